The molecule has 1 aliphatic rings. The second kappa shape index (κ2) is 8.55. The predicted molar refractivity (Wildman–Crippen MR) is 123 cm³/mol. The number of fused-ring (bicyclic) bond motifs is 1. The Morgan fingerprint density at radius 3 is 2.22 bits per heavy atom. The van der Waals surface area contributed by atoms with Gasteiger partial charge in [-0.05, 0) is 30.2 Å². The summed E-state index contributed by atoms with van der Waals surface area (Å²) in [6.07, 6.45) is 0.179. The number of nitrogens with one attached hydrogen (secondary N) is 1. The number of aromatic carboxylic acids is 1. The lowest BCUT2D eigenvalue weighted by atomic mass is 9.88. The first-order chi connectivity index (χ1) is 15.4. The van der Waals surface area contributed by atoms with E-state index in [-0.39, 0.29) is 23.1 Å². The van der Waals surface area contributed by atoms with Gasteiger partial charge in [-0.1, -0.05) is 29.8 Å². The number of rotatable bonds is 6. The maximum absolute atomic E-state index is 12.7. The number of carbonyl (C=O) groups is 2. The summed E-state index contributed by atoms with van der Waals surface area (Å²) in [7, 11) is 4.59. The van der Waals surface area contributed by atoms with Crippen LogP contribution in [0.4, 0.5) is 5.69 Å². The normalized spacial score (nSPS) is 15.0. The summed E-state index contributed by atoms with van der Waals surface area (Å²) in [5, 5.41) is 12.8. The van der Waals surface area contributed by atoms with Crippen LogP contribution in [-0.2, 0) is 4.79 Å². The minimum Gasteiger partial charge on any atom is -0.493 e. The molecule has 3 aromatic rings. The molecule has 0 saturated carbocycles. The molecule has 7 nitrogen and oxygen atoms in total. The number of carboxylic acids is 1. The van der Waals surface area contributed by atoms with Crippen molar-refractivity contribution in [2.75, 3.05) is 26.6 Å². The lowest BCUT2D eigenvalue weighted by Crippen LogP contribution is -2.22. The number of ether oxygens (including phenoxy) is 3. The molecule has 2 N–H and O–H groups in total. The van der Waals surface area contributed by atoms with Gasteiger partial charge in [0.25, 0.3) is 0 Å². The van der Waals surface area contributed by atoms with Crippen molar-refractivity contribution in [1.29, 1.82) is 0 Å². The Hall–Kier alpha value is -3.52. The zero-order valence-electron chi connectivity index (χ0n) is 18.1. The standard InChI is InChI=1S/C24H23NO6S/c1-12-5-7-13(8-6-12)19-20-22(32-23(19)24(27)28)15(11-18(26)25-20)14-9-16(29-2)21(31-4)17(10-14)30-3/h5-10,15H,11H2,1-4H3,(H,25,26)(H,27,28)/t15-/m1/s1. The highest BCUT2D eigenvalue weighted by atomic mass is 32.1. The van der Waals surface area contributed by atoms with Gasteiger partial charge in [-0.15, -0.1) is 11.3 Å². The summed E-state index contributed by atoms with van der Waals surface area (Å²) in [6.45, 7) is 1.97. The van der Waals surface area contributed by atoms with E-state index in [1.165, 1.54) is 32.7 Å². The van der Waals surface area contributed by atoms with Crippen LogP contribution in [0.25, 0.3) is 11.1 Å². The van der Waals surface area contributed by atoms with Crippen molar-refractivity contribution in [2.45, 2.75) is 19.3 Å². The zero-order chi connectivity index (χ0) is 23.0. The monoisotopic (exact) mass is 453 g/mol. The number of carbonyl (C=O) groups excluding carboxylic acids is 1. The lowest BCUT2D eigenvalue weighted by molar-refractivity contribution is -0.116. The summed E-state index contributed by atoms with van der Waals surface area (Å²) in [4.78, 5) is 25.8. The van der Waals surface area contributed by atoms with Gasteiger partial charge in [-0.3, -0.25) is 4.79 Å². The van der Waals surface area contributed by atoms with E-state index in [9.17, 15) is 14.7 Å². The minimum atomic E-state index is -1.03. The van der Waals surface area contributed by atoms with Gasteiger partial charge < -0.3 is 24.6 Å². The molecule has 2 aromatic carbocycles. The van der Waals surface area contributed by atoms with Gasteiger partial charge in [0.05, 0.1) is 27.0 Å². The molecular weight excluding hydrogens is 430 g/mol. The maximum atomic E-state index is 12.7. The van der Waals surface area contributed by atoms with Crippen LogP contribution in [0.15, 0.2) is 36.4 Å². The van der Waals surface area contributed by atoms with E-state index >= 15 is 0 Å². The van der Waals surface area contributed by atoms with Gasteiger partial charge in [-0.25, -0.2) is 4.79 Å². The van der Waals surface area contributed by atoms with Crippen molar-refractivity contribution in [3.63, 3.8) is 0 Å². The van der Waals surface area contributed by atoms with Gasteiger partial charge in [0, 0.05) is 22.8 Å². The van der Waals surface area contributed by atoms with E-state index in [0.29, 0.717) is 28.5 Å². The molecule has 0 fully saturated rings. The number of methoxy groups -OCH3 is 3. The fraction of sp³-hybridized carbons (Fsp3) is 0.250. The molecule has 0 saturated heterocycles. The highest BCUT2D eigenvalue weighted by Crippen LogP contribution is 2.51. The molecule has 2 heterocycles. The average Bonchev–Trinajstić information content (AvgIpc) is 3.17. The third-order valence-electron chi connectivity index (χ3n) is 5.53. The average molecular weight is 454 g/mol. The molecule has 1 aromatic heterocycles. The zero-order valence-corrected chi connectivity index (χ0v) is 19.0. The molecule has 1 amide bonds. The van der Waals surface area contributed by atoms with Gasteiger partial charge >= 0.3 is 5.97 Å². The van der Waals surface area contributed by atoms with Crippen molar-refractivity contribution >= 4 is 28.9 Å². The smallest absolute Gasteiger partial charge is 0.346 e. The van der Waals surface area contributed by atoms with Gasteiger partial charge in [0.1, 0.15) is 4.88 Å². The SMILES string of the molecule is COc1cc([C@H]2CC(=O)Nc3c2sc(C(=O)O)c3-c2ccc(C)cc2)cc(OC)c1OC. The first-order valence-electron chi connectivity index (χ1n) is 9.94. The van der Waals surface area contributed by atoms with Crippen LogP contribution in [0.5, 0.6) is 17.2 Å². The van der Waals surface area contributed by atoms with E-state index in [4.69, 9.17) is 14.2 Å². The number of anilines is 1. The second-order valence-electron chi connectivity index (χ2n) is 7.48. The van der Waals surface area contributed by atoms with E-state index in [0.717, 1.165) is 21.6 Å². The largest absolute Gasteiger partial charge is 0.493 e. The molecule has 0 unspecified atom stereocenters. The van der Waals surface area contributed by atoms with Crippen molar-refractivity contribution in [3.8, 4) is 28.4 Å². The Kier molecular flexibility index (Phi) is 5.80. The van der Waals surface area contributed by atoms with Gasteiger partial charge in [0.15, 0.2) is 11.5 Å². The molecule has 1 atom stereocenters. The molecule has 4 rings (SSSR count). The summed E-state index contributed by atoms with van der Waals surface area (Å²) in [5.41, 5.74) is 3.67. The van der Waals surface area contributed by atoms with Crippen LogP contribution in [0.3, 0.4) is 0 Å². The highest BCUT2D eigenvalue weighted by molar-refractivity contribution is 7.15. The fourth-order valence-corrected chi connectivity index (χ4v) is 5.25. The lowest BCUT2D eigenvalue weighted by Gasteiger charge is -2.25. The number of amides is 1. The highest BCUT2D eigenvalue weighted by Gasteiger charge is 2.35. The second-order valence-corrected chi connectivity index (χ2v) is 8.53. The van der Waals surface area contributed by atoms with Crippen molar-refractivity contribution in [1.82, 2.24) is 0 Å². The van der Waals surface area contributed by atoms with E-state index in [1.54, 1.807) is 12.1 Å². The fourth-order valence-electron chi connectivity index (χ4n) is 4.00. The summed E-state index contributed by atoms with van der Waals surface area (Å²) >= 11 is 1.18. The molecule has 0 aliphatic carbocycles. The molecule has 1 aliphatic heterocycles. The van der Waals surface area contributed by atoms with E-state index in [2.05, 4.69) is 5.32 Å². The molecule has 8 heteroatoms. The number of hydrogen-bond donors (Lipinski definition) is 2. The first kappa shape index (κ1) is 21.7. The summed E-state index contributed by atoms with van der Waals surface area (Å²) < 4.78 is 16.4. The third-order valence-corrected chi connectivity index (χ3v) is 6.82. The van der Waals surface area contributed by atoms with E-state index < -0.39 is 5.97 Å². The van der Waals surface area contributed by atoms with Gasteiger partial charge in [0.2, 0.25) is 11.7 Å². The van der Waals surface area contributed by atoms with Crippen molar-refractivity contribution in [3.05, 3.63) is 57.3 Å². The Balaban J connectivity index is 1.93. The van der Waals surface area contributed by atoms with Crippen LogP contribution < -0.4 is 19.5 Å². The van der Waals surface area contributed by atoms with Crippen LogP contribution in [0.2, 0.25) is 0 Å². The van der Waals surface area contributed by atoms with Crippen LogP contribution in [-0.4, -0.2) is 38.3 Å². The Morgan fingerprint density at radius 1 is 1.06 bits per heavy atom. The third kappa shape index (κ3) is 3.67. The summed E-state index contributed by atoms with van der Waals surface area (Å²) in [5.74, 6) is -0.157. The van der Waals surface area contributed by atoms with Crippen LogP contribution >= 0.6 is 11.3 Å². The molecular formula is C24H23NO6S. The predicted octanol–water partition coefficient (Wildman–Crippen LogP) is 4.92. The Bertz CT molecular complexity index is 1170. The molecule has 32 heavy (non-hydrogen) atoms. The first-order valence-corrected chi connectivity index (χ1v) is 10.8. The van der Waals surface area contributed by atoms with Gasteiger partial charge in [-0.2, -0.15) is 0 Å². The number of benzene rings is 2. The van der Waals surface area contributed by atoms with Crippen LogP contribution in [0, 0.1) is 6.92 Å². The number of aryl methyl sites for hydroxylation is 1. The number of carboxylic acid groups (broad SMARTS) is 1. The van der Waals surface area contributed by atoms with E-state index in [1.807, 2.05) is 31.2 Å². The topological polar surface area (TPSA) is 94.1 Å². The number of hydrogen-bond acceptors (Lipinski definition) is 6. The molecule has 166 valence electrons. The molecule has 0 bridgehead atoms. The molecule has 0 radical (unpaired) electrons. The Labute approximate surface area is 189 Å². The quantitative estimate of drug-likeness (QED) is 0.550. The minimum absolute atomic E-state index is 0.179. The molecule has 0 spiro atoms. The van der Waals surface area contributed by atoms with Crippen molar-refractivity contribution in [2.24, 2.45) is 0 Å². The van der Waals surface area contributed by atoms with Crippen molar-refractivity contribution < 1.29 is 28.9 Å². The summed E-state index contributed by atoms with van der Waals surface area (Å²) in [6, 6.07) is 11.2. The Morgan fingerprint density at radius 2 is 1.69 bits per heavy atom. The maximum Gasteiger partial charge on any atom is 0.346 e. The number of thiophene rings is 1. The van der Waals surface area contributed by atoms with Crippen LogP contribution in [0.1, 0.15) is 38.0 Å².